The van der Waals surface area contributed by atoms with E-state index in [1.807, 2.05) is 107 Å². The van der Waals surface area contributed by atoms with Crippen molar-refractivity contribution in [3.8, 4) is 11.5 Å². The van der Waals surface area contributed by atoms with Crippen molar-refractivity contribution in [2.45, 2.75) is 51.1 Å². The first-order valence-electron chi connectivity index (χ1n) is 14.5. The molecule has 4 aromatic carbocycles. The molecule has 0 aliphatic carbocycles. The van der Waals surface area contributed by atoms with Gasteiger partial charge in [-0.25, -0.2) is 0 Å². The molecule has 1 heterocycles. The van der Waals surface area contributed by atoms with E-state index in [9.17, 15) is 9.59 Å². The summed E-state index contributed by atoms with van der Waals surface area (Å²) < 4.78 is 10.5. The van der Waals surface area contributed by atoms with E-state index in [0.717, 1.165) is 39.6 Å². The zero-order chi connectivity index (χ0) is 29.5. The van der Waals surface area contributed by atoms with Crippen LogP contribution in [0.5, 0.6) is 11.5 Å². The second-order valence-electron chi connectivity index (χ2n) is 10.7. The SMILES string of the molecule is COc1ccc(CCC(=O)N2c3ccccc3C(N(C(=O)CCc3ccc(OC)cc3)c3ccccc3)CC2C)cc1. The lowest BCUT2D eigenvalue weighted by Gasteiger charge is -2.43. The molecule has 0 aromatic heterocycles. The van der Waals surface area contributed by atoms with Crippen LogP contribution in [0.3, 0.4) is 0 Å². The van der Waals surface area contributed by atoms with E-state index < -0.39 is 0 Å². The number of amides is 2. The van der Waals surface area contributed by atoms with Crippen molar-refractivity contribution in [3.05, 3.63) is 120 Å². The molecule has 2 amide bonds. The van der Waals surface area contributed by atoms with Crippen molar-refractivity contribution in [1.29, 1.82) is 0 Å². The van der Waals surface area contributed by atoms with Gasteiger partial charge in [-0.15, -0.1) is 0 Å². The van der Waals surface area contributed by atoms with Gasteiger partial charge in [0.1, 0.15) is 11.5 Å². The molecule has 6 nitrogen and oxygen atoms in total. The number of aryl methyl sites for hydroxylation is 2. The number of fused-ring (bicyclic) bond motifs is 1. The van der Waals surface area contributed by atoms with Crippen LogP contribution in [-0.2, 0) is 22.4 Å². The number of hydrogen-bond donors (Lipinski definition) is 0. The Balaban J connectivity index is 1.39. The van der Waals surface area contributed by atoms with Gasteiger partial charge in [-0.05, 0) is 85.3 Å². The monoisotopic (exact) mass is 562 g/mol. The molecule has 4 aromatic rings. The Bertz CT molecular complexity index is 1490. The molecule has 0 saturated heterocycles. The van der Waals surface area contributed by atoms with Crippen LogP contribution in [0.1, 0.15) is 48.9 Å². The van der Waals surface area contributed by atoms with Gasteiger partial charge >= 0.3 is 0 Å². The highest BCUT2D eigenvalue weighted by atomic mass is 16.5. The van der Waals surface area contributed by atoms with Crippen molar-refractivity contribution >= 4 is 23.2 Å². The molecule has 0 spiro atoms. The lowest BCUT2D eigenvalue weighted by molar-refractivity contribution is -0.119. The first-order chi connectivity index (χ1) is 20.5. The highest BCUT2D eigenvalue weighted by Crippen LogP contribution is 2.42. The fourth-order valence-electron chi connectivity index (χ4n) is 5.82. The number of para-hydroxylation sites is 2. The molecule has 0 fully saturated rings. The number of carbonyl (C=O) groups is 2. The lowest BCUT2D eigenvalue weighted by atomic mass is 9.89. The summed E-state index contributed by atoms with van der Waals surface area (Å²) in [4.78, 5) is 31.5. The van der Waals surface area contributed by atoms with Gasteiger partial charge in [0.2, 0.25) is 11.8 Å². The zero-order valence-corrected chi connectivity index (χ0v) is 24.5. The van der Waals surface area contributed by atoms with E-state index >= 15 is 0 Å². The number of carbonyl (C=O) groups excluding carboxylic acids is 2. The van der Waals surface area contributed by atoms with Gasteiger partial charge in [0.25, 0.3) is 0 Å². The van der Waals surface area contributed by atoms with Gasteiger partial charge in [-0.1, -0.05) is 60.7 Å². The van der Waals surface area contributed by atoms with Gasteiger partial charge in [0.05, 0.1) is 20.3 Å². The van der Waals surface area contributed by atoms with Gasteiger partial charge in [-0.2, -0.15) is 0 Å². The Labute approximate surface area is 248 Å². The number of hydrogen-bond acceptors (Lipinski definition) is 4. The number of methoxy groups -OCH3 is 2. The smallest absolute Gasteiger partial charge is 0.227 e. The van der Waals surface area contributed by atoms with Crippen LogP contribution in [-0.4, -0.2) is 32.1 Å². The van der Waals surface area contributed by atoms with E-state index in [1.165, 1.54) is 0 Å². The van der Waals surface area contributed by atoms with Crippen molar-refractivity contribution in [2.75, 3.05) is 24.0 Å². The zero-order valence-electron chi connectivity index (χ0n) is 24.5. The third kappa shape index (κ3) is 6.49. The van der Waals surface area contributed by atoms with Crippen LogP contribution in [0.15, 0.2) is 103 Å². The van der Waals surface area contributed by atoms with Gasteiger partial charge in [0.15, 0.2) is 0 Å². The number of nitrogens with zero attached hydrogens (tertiary/aromatic N) is 2. The largest absolute Gasteiger partial charge is 0.497 e. The molecule has 2 unspecified atom stereocenters. The average molecular weight is 563 g/mol. The van der Waals surface area contributed by atoms with E-state index in [1.54, 1.807) is 14.2 Å². The van der Waals surface area contributed by atoms with Crippen LogP contribution in [0.4, 0.5) is 11.4 Å². The molecule has 42 heavy (non-hydrogen) atoms. The predicted molar refractivity (Wildman–Crippen MR) is 167 cm³/mol. The van der Waals surface area contributed by atoms with Crippen molar-refractivity contribution < 1.29 is 19.1 Å². The molecular weight excluding hydrogens is 524 g/mol. The summed E-state index contributed by atoms with van der Waals surface area (Å²) in [5.41, 5.74) is 4.92. The molecule has 2 atom stereocenters. The van der Waals surface area contributed by atoms with Gasteiger partial charge in [0, 0.05) is 30.3 Å². The predicted octanol–water partition coefficient (Wildman–Crippen LogP) is 7.17. The quantitative estimate of drug-likeness (QED) is 0.206. The molecule has 1 aliphatic heterocycles. The standard InChI is InChI=1S/C36H38N2O4/c1-26-25-34(38(29-9-5-4-6-10-29)36(40)24-18-28-15-21-31(42-3)22-16-28)32-11-7-8-12-33(32)37(26)35(39)23-17-27-13-19-30(41-2)20-14-27/h4-16,19-22,26,34H,17-18,23-25H2,1-3H3. The Kier molecular flexibility index (Phi) is 9.22. The number of anilines is 2. The number of benzene rings is 4. The summed E-state index contributed by atoms with van der Waals surface area (Å²) in [6.07, 6.45) is 2.70. The Morgan fingerprint density at radius 3 is 1.88 bits per heavy atom. The fourth-order valence-corrected chi connectivity index (χ4v) is 5.82. The number of rotatable bonds is 10. The number of ether oxygens (including phenoxy) is 2. The molecule has 0 saturated carbocycles. The van der Waals surface area contributed by atoms with Crippen molar-refractivity contribution in [3.63, 3.8) is 0 Å². The second kappa shape index (κ2) is 13.4. The summed E-state index contributed by atoms with van der Waals surface area (Å²) in [6.45, 7) is 2.08. The maximum absolute atomic E-state index is 14.0. The molecule has 6 heteroatoms. The van der Waals surface area contributed by atoms with Crippen LogP contribution in [0, 0.1) is 0 Å². The molecule has 0 radical (unpaired) electrons. The van der Waals surface area contributed by atoms with Gasteiger partial charge in [-0.3, -0.25) is 9.59 Å². The van der Waals surface area contributed by atoms with Gasteiger partial charge < -0.3 is 19.3 Å². The molecule has 0 bridgehead atoms. The Morgan fingerprint density at radius 1 is 0.738 bits per heavy atom. The molecular formula is C36H38N2O4. The summed E-state index contributed by atoms with van der Waals surface area (Å²) in [5, 5.41) is 0. The first kappa shape index (κ1) is 28.9. The maximum atomic E-state index is 14.0. The Morgan fingerprint density at radius 2 is 1.29 bits per heavy atom. The minimum absolute atomic E-state index is 0.0586. The summed E-state index contributed by atoms with van der Waals surface area (Å²) in [6, 6.07) is 33.4. The third-order valence-corrected chi connectivity index (χ3v) is 8.02. The van der Waals surface area contributed by atoms with E-state index in [4.69, 9.17) is 9.47 Å². The summed E-state index contributed by atoms with van der Waals surface area (Å²) in [7, 11) is 3.29. The van der Waals surface area contributed by atoms with Crippen LogP contribution < -0.4 is 19.3 Å². The van der Waals surface area contributed by atoms with Crippen molar-refractivity contribution in [1.82, 2.24) is 0 Å². The fraction of sp³-hybridized carbons (Fsp3) is 0.278. The van der Waals surface area contributed by atoms with E-state index in [0.29, 0.717) is 32.1 Å². The lowest BCUT2D eigenvalue weighted by Crippen LogP contribution is -2.48. The summed E-state index contributed by atoms with van der Waals surface area (Å²) in [5.74, 6) is 1.74. The molecule has 216 valence electrons. The maximum Gasteiger partial charge on any atom is 0.227 e. The topological polar surface area (TPSA) is 59.1 Å². The third-order valence-electron chi connectivity index (χ3n) is 8.02. The Hall–Kier alpha value is -4.58. The van der Waals surface area contributed by atoms with Crippen molar-refractivity contribution in [2.24, 2.45) is 0 Å². The molecule has 1 aliphatic rings. The highest BCUT2D eigenvalue weighted by molar-refractivity contribution is 5.98. The molecule has 5 rings (SSSR count). The minimum Gasteiger partial charge on any atom is -0.497 e. The van der Waals surface area contributed by atoms with Crippen LogP contribution in [0.25, 0.3) is 0 Å². The van der Waals surface area contributed by atoms with Crippen LogP contribution >= 0.6 is 0 Å². The van der Waals surface area contributed by atoms with E-state index in [-0.39, 0.29) is 23.9 Å². The molecule has 0 N–H and O–H groups in total. The normalized spacial score (nSPS) is 15.9. The summed E-state index contributed by atoms with van der Waals surface area (Å²) >= 11 is 0. The average Bonchev–Trinajstić information content (AvgIpc) is 3.03. The van der Waals surface area contributed by atoms with Crippen LogP contribution in [0.2, 0.25) is 0 Å². The highest BCUT2D eigenvalue weighted by Gasteiger charge is 2.38. The minimum atomic E-state index is -0.187. The first-order valence-corrected chi connectivity index (χ1v) is 14.5. The second-order valence-corrected chi connectivity index (χ2v) is 10.7. The van der Waals surface area contributed by atoms with E-state index in [2.05, 4.69) is 13.0 Å².